The van der Waals surface area contributed by atoms with Gasteiger partial charge in [-0.1, -0.05) is 23.7 Å². The molecule has 23 heavy (non-hydrogen) atoms. The van der Waals surface area contributed by atoms with Gasteiger partial charge < -0.3 is 4.74 Å². The molecule has 5 nitrogen and oxygen atoms in total. The first-order chi connectivity index (χ1) is 10.8. The number of ether oxygens (including phenoxy) is 1. The highest BCUT2D eigenvalue weighted by Crippen LogP contribution is 2.26. The number of nitrogens with one attached hydrogen (secondary N) is 1. The lowest BCUT2D eigenvalue weighted by molar-refractivity contribution is 0.0600. The smallest absolute Gasteiger partial charge is 0.337 e. The van der Waals surface area contributed by atoms with Crippen LogP contribution in [0, 0.1) is 12.7 Å². The topological polar surface area (TPSA) is 72.5 Å². The fourth-order valence-electron chi connectivity index (χ4n) is 1.92. The molecule has 0 unspecified atom stereocenters. The Morgan fingerprint density at radius 1 is 1.26 bits per heavy atom. The number of anilines is 1. The Bertz CT molecular complexity index is 868. The van der Waals surface area contributed by atoms with E-state index in [0.717, 1.165) is 0 Å². The van der Waals surface area contributed by atoms with Crippen molar-refractivity contribution in [1.82, 2.24) is 0 Å². The van der Waals surface area contributed by atoms with Gasteiger partial charge in [0.05, 0.1) is 28.3 Å². The largest absolute Gasteiger partial charge is 0.465 e. The second kappa shape index (κ2) is 6.55. The molecular formula is C15H13ClFNO4S. The van der Waals surface area contributed by atoms with Crippen LogP contribution in [0.4, 0.5) is 10.1 Å². The van der Waals surface area contributed by atoms with Crippen LogP contribution in [0.15, 0.2) is 41.3 Å². The second-order valence-electron chi connectivity index (χ2n) is 4.68. The summed E-state index contributed by atoms with van der Waals surface area (Å²) >= 11 is 5.63. The van der Waals surface area contributed by atoms with E-state index in [1.165, 1.54) is 43.5 Å². The molecule has 0 atom stereocenters. The Morgan fingerprint density at radius 3 is 2.61 bits per heavy atom. The zero-order chi connectivity index (χ0) is 17.2. The van der Waals surface area contributed by atoms with Crippen molar-refractivity contribution in [2.24, 2.45) is 0 Å². The van der Waals surface area contributed by atoms with Crippen molar-refractivity contribution >= 4 is 33.3 Å². The van der Waals surface area contributed by atoms with Gasteiger partial charge in [-0.25, -0.2) is 17.6 Å². The molecule has 2 aromatic carbocycles. The van der Waals surface area contributed by atoms with E-state index >= 15 is 0 Å². The number of benzene rings is 2. The highest BCUT2D eigenvalue weighted by molar-refractivity contribution is 7.92. The Morgan fingerprint density at radius 2 is 1.96 bits per heavy atom. The molecule has 0 bridgehead atoms. The molecule has 1 N–H and O–H groups in total. The van der Waals surface area contributed by atoms with E-state index in [2.05, 4.69) is 9.46 Å². The molecule has 8 heteroatoms. The molecule has 0 amide bonds. The number of halogens is 2. The van der Waals surface area contributed by atoms with Crippen LogP contribution < -0.4 is 4.72 Å². The predicted octanol–water partition coefficient (Wildman–Crippen LogP) is 3.37. The maximum absolute atomic E-state index is 13.9. The first-order valence-corrected chi connectivity index (χ1v) is 8.28. The first-order valence-electron chi connectivity index (χ1n) is 6.42. The average molecular weight is 358 g/mol. The minimum absolute atomic E-state index is 0.0741. The fourth-order valence-corrected chi connectivity index (χ4v) is 3.42. The summed E-state index contributed by atoms with van der Waals surface area (Å²) in [6.07, 6.45) is 0. The minimum atomic E-state index is -4.10. The van der Waals surface area contributed by atoms with Crippen LogP contribution in [-0.2, 0) is 14.8 Å². The van der Waals surface area contributed by atoms with Crippen LogP contribution in [0.5, 0.6) is 0 Å². The van der Waals surface area contributed by atoms with Crippen molar-refractivity contribution in [3.8, 4) is 0 Å². The van der Waals surface area contributed by atoms with Gasteiger partial charge >= 0.3 is 5.97 Å². The minimum Gasteiger partial charge on any atom is -0.465 e. The molecule has 0 aliphatic heterocycles. The van der Waals surface area contributed by atoms with Crippen LogP contribution in [0.3, 0.4) is 0 Å². The number of esters is 1. The third-order valence-electron chi connectivity index (χ3n) is 3.09. The number of aryl methyl sites for hydroxylation is 1. The highest BCUT2D eigenvalue weighted by atomic mass is 35.5. The van der Waals surface area contributed by atoms with E-state index < -0.39 is 21.8 Å². The summed E-state index contributed by atoms with van der Waals surface area (Å²) < 4.78 is 45.5. The number of hydrogen-bond acceptors (Lipinski definition) is 4. The molecule has 0 fully saturated rings. The molecule has 0 saturated heterocycles. The maximum Gasteiger partial charge on any atom is 0.337 e. The Labute approximate surface area is 138 Å². The van der Waals surface area contributed by atoms with Gasteiger partial charge in [0.25, 0.3) is 10.0 Å². The van der Waals surface area contributed by atoms with Crippen LogP contribution in [0.1, 0.15) is 15.9 Å². The van der Waals surface area contributed by atoms with Crippen LogP contribution >= 0.6 is 11.6 Å². The van der Waals surface area contributed by atoms with Crippen molar-refractivity contribution < 1.29 is 22.3 Å². The zero-order valence-electron chi connectivity index (χ0n) is 12.3. The van der Waals surface area contributed by atoms with E-state index in [9.17, 15) is 17.6 Å². The van der Waals surface area contributed by atoms with Gasteiger partial charge in [-0.05, 0) is 36.8 Å². The molecule has 0 heterocycles. The molecule has 2 rings (SSSR count). The monoisotopic (exact) mass is 357 g/mol. The van der Waals surface area contributed by atoms with E-state index in [-0.39, 0.29) is 21.2 Å². The molecule has 122 valence electrons. The average Bonchev–Trinajstić information content (AvgIpc) is 2.51. The Hall–Kier alpha value is -2.12. The molecule has 0 aliphatic rings. The van der Waals surface area contributed by atoms with Gasteiger partial charge in [0.1, 0.15) is 0 Å². The summed E-state index contributed by atoms with van der Waals surface area (Å²) in [7, 11) is -2.91. The number of hydrogen-bond donors (Lipinski definition) is 1. The van der Waals surface area contributed by atoms with E-state index in [1.54, 1.807) is 6.92 Å². The standard InChI is InChI=1S/C15H13ClFNO4S/c1-9-6-7-10(15(19)22-2)8-13(9)23(20,21)18-12-5-3-4-11(16)14(12)17/h3-8,18H,1-2H3. The van der Waals surface area contributed by atoms with Crippen molar-refractivity contribution in [3.63, 3.8) is 0 Å². The van der Waals surface area contributed by atoms with E-state index in [0.29, 0.717) is 5.56 Å². The van der Waals surface area contributed by atoms with Crippen molar-refractivity contribution in [2.45, 2.75) is 11.8 Å². The number of methoxy groups -OCH3 is 1. The molecular weight excluding hydrogens is 345 g/mol. The Balaban J connectivity index is 2.47. The van der Waals surface area contributed by atoms with Gasteiger partial charge in [-0.3, -0.25) is 4.72 Å². The summed E-state index contributed by atoms with van der Waals surface area (Å²) in [5, 5.41) is -0.203. The lowest BCUT2D eigenvalue weighted by atomic mass is 10.1. The summed E-state index contributed by atoms with van der Waals surface area (Å²) in [5.74, 6) is -1.55. The van der Waals surface area contributed by atoms with Gasteiger partial charge in [0, 0.05) is 0 Å². The van der Waals surface area contributed by atoms with Gasteiger partial charge in [0.2, 0.25) is 0 Å². The molecule has 0 radical (unpaired) electrons. The lowest BCUT2D eigenvalue weighted by Crippen LogP contribution is -2.16. The highest BCUT2D eigenvalue weighted by Gasteiger charge is 2.21. The number of sulfonamides is 1. The summed E-state index contributed by atoms with van der Waals surface area (Å²) in [6, 6.07) is 8.05. The third-order valence-corrected chi connectivity index (χ3v) is 4.89. The summed E-state index contributed by atoms with van der Waals surface area (Å²) in [5.41, 5.74) is 0.193. The van der Waals surface area contributed by atoms with Crippen molar-refractivity contribution in [3.05, 3.63) is 58.4 Å². The SMILES string of the molecule is COC(=O)c1ccc(C)c(S(=O)(=O)Nc2cccc(Cl)c2F)c1. The van der Waals surface area contributed by atoms with E-state index in [1.807, 2.05) is 0 Å². The molecule has 2 aromatic rings. The van der Waals surface area contributed by atoms with Crippen LogP contribution in [0.2, 0.25) is 5.02 Å². The lowest BCUT2D eigenvalue weighted by Gasteiger charge is -2.12. The van der Waals surface area contributed by atoms with Crippen LogP contribution in [0.25, 0.3) is 0 Å². The summed E-state index contributed by atoms with van der Waals surface area (Å²) in [6.45, 7) is 1.56. The quantitative estimate of drug-likeness (QED) is 0.851. The van der Waals surface area contributed by atoms with Gasteiger partial charge in [0.15, 0.2) is 5.82 Å². The molecule has 0 spiro atoms. The van der Waals surface area contributed by atoms with Crippen molar-refractivity contribution in [1.29, 1.82) is 0 Å². The summed E-state index contributed by atoms with van der Waals surface area (Å²) in [4.78, 5) is 11.4. The number of carbonyl (C=O) groups is 1. The van der Waals surface area contributed by atoms with Crippen LogP contribution in [-0.4, -0.2) is 21.5 Å². The second-order valence-corrected chi connectivity index (χ2v) is 6.74. The molecule has 0 aliphatic carbocycles. The Kier molecular flexibility index (Phi) is 4.91. The number of rotatable bonds is 4. The maximum atomic E-state index is 13.9. The third kappa shape index (κ3) is 3.62. The predicted molar refractivity (Wildman–Crippen MR) is 84.7 cm³/mol. The van der Waals surface area contributed by atoms with Gasteiger partial charge in [-0.2, -0.15) is 0 Å². The zero-order valence-corrected chi connectivity index (χ0v) is 13.8. The normalized spacial score (nSPS) is 11.1. The van der Waals surface area contributed by atoms with Crippen molar-refractivity contribution in [2.75, 3.05) is 11.8 Å². The molecule has 0 saturated carbocycles. The fraction of sp³-hybridized carbons (Fsp3) is 0.133. The first kappa shape index (κ1) is 17.2. The van der Waals surface area contributed by atoms with E-state index in [4.69, 9.17) is 11.6 Å². The van der Waals surface area contributed by atoms with Gasteiger partial charge in [-0.15, -0.1) is 0 Å². The molecule has 0 aromatic heterocycles. The number of carbonyl (C=O) groups excluding carboxylic acids is 1.